The second kappa shape index (κ2) is 8.55. The van der Waals surface area contributed by atoms with Crippen LogP contribution in [0.4, 0.5) is 9.59 Å². The quantitative estimate of drug-likeness (QED) is 0.732. The summed E-state index contributed by atoms with van der Waals surface area (Å²) in [4.78, 5) is 24.1. The monoisotopic (exact) mass is 341 g/mol. The van der Waals surface area contributed by atoms with Gasteiger partial charge in [-0.25, -0.2) is 9.59 Å². The highest BCUT2D eigenvalue weighted by Crippen LogP contribution is 2.19. The topological polar surface area (TPSA) is 88.7 Å². The van der Waals surface area contributed by atoms with Gasteiger partial charge in [0, 0.05) is 13.2 Å². The molecule has 24 heavy (non-hydrogen) atoms. The van der Waals surface area contributed by atoms with Crippen molar-refractivity contribution in [1.29, 1.82) is 0 Å². The van der Waals surface area contributed by atoms with Crippen molar-refractivity contribution in [3.8, 4) is 0 Å². The second-order valence-corrected chi connectivity index (χ2v) is 7.63. The second-order valence-electron chi connectivity index (χ2n) is 7.63. The molecule has 1 heterocycles. The summed E-state index contributed by atoms with van der Waals surface area (Å²) in [5, 5.41) is 8.75. The van der Waals surface area contributed by atoms with Crippen molar-refractivity contribution in [2.24, 2.45) is 0 Å². The number of alkyl carbamates (subject to hydrolysis) is 1. The molecular formula is C17H31N3O4. The summed E-state index contributed by atoms with van der Waals surface area (Å²) in [7, 11) is 0. The van der Waals surface area contributed by atoms with Gasteiger partial charge in [0.25, 0.3) is 0 Å². The Morgan fingerprint density at radius 1 is 1.04 bits per heavy atom. The van der Waals surface area contributed by atoms with Crippen molar-refractivity contribution in [2.45, 2.75) is 83.1 Å². The van der Waals surface area contributed by atoms with Gasteiger partial charge in [0.2, 0.25) is 0 Å². The molecule has 2 aliphatic rings. The van der Waals surface area contributed by atoms with Crippen LogP contribution in [0.15, 0.2) is 0 Å². The summed E-state index contributed by atoms with van der Waals surface area (Å²) in [5.41, 5.74) is -0.527. The molecule has 2 fully saturated rings. The smallest absolute Gasteiger partial charge is 0.407 e. The zero-order chi connectivity index (χ0) is 17.6. The molecule has 7 nitrogen and oxygen atoms in total. The molecule has 0 radical (unpaired) electrons. The van der Waals surface area contributed by atoms with Crippen LogP contribution in [0.1, 0.15) is 59.3 Å². The minimum atomic E-state index is -0.527. The number of amides is 3. The Kier molecular flexibility index (Phi) is 6.71. The van der Waals surface area contributed by atoms with Crippen LogP contribution in [-0.4, -0.2) is 49.1 Å². The van der Waals surface area contributed by atoms with Gasteiger partial charge < -0.3 is 25.4 Å². The van der Waals surface area contributed by atoms with Crippen molar-refractivity contribution in [3.63, 3.8) is 0 Å². The lowest BCUT2D eigenvalue weighted by molar-refractivity contribution is 0.0480. The van der Waals surface area contributed by atoms with E-state index in [2.05, 4.69) is 16.0 Å². The molecule has 1 aliphatic heterocycles. The highest BCUT2D eigenvalue weighted by molar-refractivity contribution is 5.74. The fourth-order valence-corrected chi connectivity index (χ4v) is 3.17. The first-order valence-corrected chi connectivity index (χ1v) is 8.99. The molecule has 138 valence electrons. The first-order chi connectivity index (χ1) is 11.3. The molecule has 3 amide bonds. The minimum Gasteiger partial charge on any atom is -0.444 e. The number of carbonyl (C=O) groups is 2. The molecule has 0 spiro atoms. The van der Waals surface area contributed by atoms with Gasteiger partial charge in [0.15, 0.2) is 0 Å². The zero-order valence-electron chi connectivity index (χ0n) is 15.0. The molecule has 1 aliphatic carbocycles. The fraction of sp³-hybridized carbons (Fsp3) is 0.882. The molecule has 3 N–H and O–H groups in total. The summed E-state index contributed by atoms with van der Waals surface area (Å²) in [6.07, 6.45) is 5.52. The van der Waals surface area contributed by atoms with Crippen LogP contribution in [0.5, 0.6) is 0 Å². The molecule has 1 unspecified atom stereocenters. The van der Waals surface area contributed by atoms with E-state index in [1.807, 2.05) is 20.8 Å². The van der Waals surface area contributed by atoms with Crippen LogP contribution >= 0.6 is 0 Å². The molecule has 0 aromatic rings. The Morgan fingerprint density at radius 2 is 1.71 bits per heavy atom. The van der Waals surface area contributed by atoms with E-state index in [4.69, 9.17) is 9.47 Å². The average Bonchev–Trinajstić information content (AvgIpc) is 2.98. The van der Waals surface area contributed by atoms with Gasteiger partial charge in [-0.2, -0.15) is 0 Å². The fourth-order valence-electron chi connectivity index (χ4n) is 3.17. The predicted octanol–water partition coefficient (Wildman–Crippen LogP) is 2.30. The third kappa shape index (κ3) is 6.55. The number of ether oxygens (including phenoxy) is 2. The Labute approximate surface area is 144 Å². The number of nitrogens with one attached hydrogen (secondary N) is 3. The molecular weight excluding hydrogens is 310 g/mol. The summed E-state index contributed by atoms with van der Waals surface area (Å²) in [6, 6.07) is -0.369. The Bertz CT molecular complexity index is 430. The maximum Gasteiger partial charge on any atom is 0.407 e. The Hall–Kier alpha value is -1.50. The average molecular weight is 341 g/mol. The molecule has 1 saturated carbocycles. The van der Waals surface area contributed by atoms with Crippen LogP contribution in [0.25, 0.3) is 0 Å². The standard InChI is InChI=1S/C17H31N3O4/c1-17(2,3)24-16(22)20-14-9-5-4-8-13(14)19-15(21)18-11-12-7-6-10-23-12/h12-14H,4-11H2,1-3H3,(H,20,22)(H2,18,19,21)/t12?,13-,14-/m1/s1. The van der Waals surface area contributed by atoms with Gasteiger partial charge in [-0.3, -0.25) is 0 Å². The predicted molar refractivity (Wildman–Crippen MR) is 90.9 cm³/mol. The van der Waals surface area contributed by atoms with Crippen molar-refractivity contribution < 1.29 is 19.1 Å². The summed E-state index contributed by atoms with van der Waals surface area (Å²) >= 11 is 0. The van der Waals surface area contributed by atoms with Gasteiger partial charge in [0.05, 0.1) is 18.2 Å². The largest absolute Gasteiger partial charge is 0.444 e. The van der Waals surface area contributed by atoms with Crippen LogP contribution in [0, 0.1) is 0 Å². The first kappa shape index (κ1) is 18.8. The van der Waals surface area contributed by atoms with E-state index in [0.717, 1.165) is 45.1 Å². The molecule has 2 rings (SSSR count). The van der Waals surface area contributed by atoms with Gasteiger partial charge in [-0.05, 0) is 46.5 Å². The number of rotatable bonds is 4. The van der Waals surface area contributed by atoms with Gasteiger partial charge in [0.1, 0.15) is 5.60 Å². The number of urea groups is 1. The molecule has 0 aromatic carbocycles. The Balaban J connectivity index is 1.77. The van der Waals surface area contributed by atoms with E-state index in [9.17, 15) is 9.59 Å². The van der Waals surface area contributed by atoms with E-state index in [-0.39, 0.29) is 24.2 Å². The lowest BCUT2D eigenvalue weighted by Gasteiger charge is -2.33. The van der Waals surface area contributed by atoms with Crippen molar-refractivity contribution in [2.75, 3.05) is 13.2 Å². The van der Waals surface area contributed by atoms with Crippen LogP contribution in [0.2, 0.25) is 0 Å². The third-order valence-electron chi connectivity index (χ3n) is 4.30. The van der Waals surface area contributed by atoms with E-state index in [1.165, 1.54) is 0 Å². The third-order valence-corrected chi connectivity index (χ3v) is 4.30. The van der Waals surface area contributed by atoms with Crippen LogP contribution < -0.4 is 16.0 Å². The Morgan fingerprint density at radius 3 is 2.29 bits per heavy atom. The SMILES string of the molecule is CC(C)(C)OC(=O)N[C@@H]1CCCC[C@H]1NC(=O)NCC1CCCO1. The van der Waals surface area contributed by atoms with Crippen molar-refractivity contribution in [3.05, 3.63) is 0 Å². The maximum atomic E-state index is 12.1. The van der Waals surface area contributed by atoms with E-state index < -0.39 is 11.7 Å². The highest BCUT2D eigenvalue weighted by Gasteiger charge is 2.29. The molecule has 7 heteroatoms. The summed E-state index contributed by atoms with van der Waals surface area (Å²) in [5.74, 6) is 0. The normalized spacial score (nSPS) is 27.4. The molecule has 0 aromatic heterocycles. The number of carbonyl (C=O) groups excluding carboxylic acids is 2. The van der Waals surface area contributed by atoms with Crippen molar-refractivity contribution >= 4 is 12.1 Å². The lowest BCUT2D eigenvalue weighted by Crippen LogP contribution is -2.56. The van der Waals surface area contributed by atoms with E-state index >= 15 is 0 Å². The lowest BCUT2D eigenvalue weighted by atomic mass is 9.90. The summed E-state index contributed by atoms with van der Waals surface area (Å²) in [6.45, 7) is 6.81. The van der Waals surface area contributed by atoms with Gasteiger partial charge in [-0.15, -0.1) is 0 Å². The van der Waals surface area contributed by atoms with Crippen molar-refractivity contribution in [1.82, 2.24) is 16.0 Å². The van der Waals surface area contributed by atoms with Crippen LogP contribution in [0.3, 0.4) is 0 Å². The van der Waals surface area contributed by atoms with E-state index in [1.54, 1.807) is 0 Å². The molecule has 1 saturated heterocycles. The molecule has 3 atom stereocenters. The number of hydrogen-bond donors (Lipinski definition) is 3. The summed E-state index contributed by atoms with van der Waals surface area (Å²) < 4.78 is 10.8. The van der Waals surface area contributed by atoms with Gasteiger partial charge >= 0.3 is 12.1 Å². The molecule has 0 bridgehead atoms. The zero-order valence-corrected chi connectivity index (χ0v) is 15.0. The van der Waals surface area contributed by atoms with Crippen LogP contribution in [-0.2, 0) is 9.47 Å². The maximum absolute atomic E-state index is 12.1. The van der Waals surface area contributed by atoms with E-state index in [0.29, 0.717) is 6.54 Å². The number of hydrogen-bond acceptors (Lipinski definition) is 4. The highest BCUT2D eigenvalue weighted by atomic mass is 16.6. The van der Waals surface area contributed by atoms with Gasteiger partial charge in [-0.1, -0.05) is 12.8 Å². The minimum absolute atomic E-state index is 0.0734. The first-order valence-electron chi connectivity index (χ1n) is 8.99.